The van der Waals surface area contributed by atoms with Gasteiger partial charge in [-0.2, -0.15) is 5.26 Å². The van der Waals surface area contributed by atoms with Crippen molar-refractivity contribution >= 4 is 64.2 Å². The van der Waals surface area contributed by atoms with Gasteiger partial charge in [-0.05, 0) is 175 Å². The van der Waals surface area contributed by atoms with Gasteiger partial charge in [-0.15, -0.1) is 10.2 Å². The first-order chi connectivity index (χ1) is 54.6. The number of fused-ring (bicyclic) bond motifs is 2. The van der Waals surface area contributed by atoms with E-state index in [4.69, 9.17) is 34.9 Å². The molecule has 600 valence electrons. The molecule has 3 aromatic heterocycles. The number of nitriles is 1. The summed E-state index contributed by atoms with van der Waals surface area (Å²) in [4.78, 5) is 112. The smallest absolute Gasteiger partial charge is 0.254 e. The molecule has 2 aliphatic carbocycles. The van der Waals surface area contributed by atoms with Crippen molar-refractivity contribution < 1.29 is 62.1 Å². The van der Waals surface area contributed by atoms with E-state index in [1.807, 2.05) is 83.5 Å². The van der Waals surface area contributed by atoms with Gasteiger partial charge in [0.05, 0.1) is 47.4 Å². The second kappa shape index (κ2) is 36.5. The highest BCUT2D eigenvalue weighted by molar-refractivity contribution is 6.13. The van der Waals surface area contributed by atoms with Crippen LogP contribution in [0.5, 0.6) is 17.5 Å². The molecule has 13 rings (SSSR count). The van der Waals surface area contributed by atoms with Gasteiger partial charge in [0, 0.05) is 131 Å². The Kier molecular flexibility index (Phi) is 26.0. The second-order valence-electron chi connectivity index (χ2n) is 31.9. The number of likely N-dealkylation sites (tertiary alicyclic amines) is 2. The molecule has 5 aliphatic heterocycles. The normalized spacial score (nSPS) is 21.5. The molecule has 3 unspecified atom stereocenters. The molecule has 7 amide bonds. The van der Waals surface area contributed by atoms with Crippen LogP contribution in [0.15, 0.2) is 120 Å². The topological polar surface area (TPSA) is 364 Å². The molecule has 2 saturated carbocycles. The van der Waals surface area contributed by atoms with Crippen molar-refractivity contribution in [2.45, 2.75) is 191 Å². The number of pyridine rings is 1. The molecular weight excluding hydrogens is 1440 g/mol. The van der Waals surface area contributed by atoms with Crippen LogP contribution in [0.4, 0.5) is 22.9 Å². The highest BCUT2D eigenvalue weighted by atomic mass is 16.5. The number of carbonyl (C=O) groups is 7. The minimum atomic E-state index is -1.38. The predicted octanol–water partition coefficient (Wildman–Crippen LogP) is 8.08. The quantitative estimate of drug-likeness (QED) is 0.0141. The van der Waals surface area contributed by atoms with E-state index in [1.165, 1.54) is 22.0 Å². The van der Waals surface area contributed by atoms with E-state index >= 15 is 0 Å². The predicted molar refractivity (Wildman–Crippen MR) is 422 cm³/mol. The lowest BCUT2D eigenvalue weighted by Gasteiger charge is -2.43. The number of anilines is 4. The van der Waals surface area contributed by atoms with Crippen molar-refractivity contribution in [1.82, 2.24) is 50.2 Å². The average molecular weight is 1550 g/mol. The van der Waals surface area contributed by atoms with Crippen LogP contribution < -0.4 is 46.1 Å². The summed E-state index contributed by atoms with van der Waals surface area (Å²) < 4.78 is 31.4. The van der Waals surface area contributed by atoms with Crippen molar-refractivity contribution in [3.05, 3.63) is 138 Å². The minimum Gasteiger partial charge on any atom is -0.488 e. The Morgan fingerprint density at radius 2 is 1.51 bits per heavy atom. The molecule has 8 heterocycles. The highest BCUT2D eigenvalue weighted by Crippen LogP contribution is 2.45. The van der Waals surface area contributed by atoms with Gasteiger partial charge in [-0.3, -0.25) is 43.4 Å². The molecule has 6 fully saturated rings. The average Bonchev–Trinajstić information content (AvgIpc) is 1.64. The summed E-state index contributed by atoms with van der Waals surface area (Å²) in [5.74, 6) is -1.73. The lowest BCUT2D eigenvalue weighted by Crippen LogP contribution is -2.59. The third-order valence-electron chi connectivity index (χ3n) is 23.4. The summed E-state index contributed by atoms with van der Waals surface area (Å²) in [6.07, 6.45) is 13.9. The van der Waals surface area contributed by atoms with Crippen LogP contribution in [0.25, 0.3) is 11.3 Å². The number of primary amides is 1. The number of amides is 7. The van der Waals surface area contributed by atoms with E-state index in [9.17, 15) is 43.9 Å². The summed E-state index contributed by atoms with van der Waals surface area (Å²) in [5, 5.41) is 39.2. The lowest BCUT2D eigenvalue weighted by atomic mass is 9.67. The van der Waals surface area contributed by atoms with E-state index in [0.29, 0.717) is 105 Å². The Morgan fingerprint density at radius 3 is 2.20 bits per heavy atom. The van der Waals surface area contributed by atoms with E-state index in [1.54, 1.807) is 47.4 Å². The summed E-state index contributed by atoms with van der Waals surface area (Å²) in [7, 11) is 3.96. The molecule has 7 N–H and O–H groups in total. The monoisotopic (exact) mass is 1550 g/mol. The molecule has 3 aromatic carbocycles. The molecule has 113 heavy (non-hydrogen) atoms. The molecule has 2 bridgehead atoms. The Morgan fingerprint density at radius 1 is 0.788 bits per heavy atom. The third-order valence-corrected chi connectivity index (χ3v) is 23.4. The van der Waals surface area contributed by atoms with Crippen molar-refractivity contribution in [1.29, 1.82) is 5.26 Å². The highest BCUT2D eigenvalue weighted by Gasteiger charge is 2.53. The number of aliphatic hydroxyl groups is 1. The summed E-state index contributed by atoms with van der Waals surface area (Å²) in [6, 6.07) is 30.1. The number of β-amino-alcohol motifs (C(OH)–C–C–N with tert-alkyl or cyclic N) is 1. The summed E-state index contributed by atoms with van der Waals surface area (Å²) >= 11 is 0. The zero-order chi connectivity index (χ0) is 79.5. The van der Waals surface area contributed by atoms with Gasteiger partial charge in [0.25, 0.3) is 17.7 Å². The Hall–Kier alpha value is -10.5. The first-order valence-electron chi connectivity index (χ1n) is 40.0. The first kappa shape index (κ1) is 80.5. The van der Waals surface area contributed by atoms with E-state index < -0.39 is 41.3 Å². The molecule has 4 saturated heterocycles. The van der Waals surface area contributed by atoms with Gasteiger partial charge >= 0.3 is 0 Å². The molecule has 29 nitrogen and oxygen atoms in total. The number of piperidine rings is 1. The van der Waals surface area contributed by atoms with Gasteiger partial charge in [-0.1, -0.05) is 56.7 Å². The number of rotatable bonds is 36. The summed E-state index contributed by atoms with van der Waals surface area (Å²) in [5.41, 5.74) is 17.2. The van der Waals surface area contributed by atoms with Gasteiger partial charge in [0.1, 0.15) is 48.5 Å². The van der Waals surface area contributed by atoms with Crippen LogP contribution in [-0.4, -0.2) is 219 Å². The fraction of sp³-hybridized carbons (Fsp3) is 0.524. The minimum absolute atomic E-state index is 0.000390. The SMILES string of the molecule is CC(C)C(C(=O)N1C[C@H](O)C[C@H]1C(=O)N[C@@H](C)c1ccc(C#N)cc1)c1cc(OCCN2CCC(OC3CC(Oc4cc(N5C6CCC5CN(c5cc(-c7ccccc7OCc7ccc(NC(=O)[C@H](CCCCN(C)C)N(CCCCCN8C(=O)C=CC8=O)C(=O)C8(C(N)=O)CCC8)cc7)nnc5N)C6)ccn4)C3)CC2)no1. The number of imide groups is 1. The maximum atomic E-state index is 14.6. The van der Waals surface area contributed by atoms with Crippen LogP contribution in [0.1, 0.15) is 158 Å². The maximum absolute atomic E-state index is 14.6. The number of nitrogens with one attached hydrogen (secondary N) is 2. The van der Waals surface area contributed by atoms with Crippen LogP contribution in [0.2, 0.25) is 0 Å². The molecule has 7 aliphatic rings. The number of nitrogens with two attached hydrogens (primary N) is 2. The molecule has 7 atom stereocenters. The zero-order valence-corrected chi connectivity index (χ0v) is 65.3. The number of unbranched alkanes of at least 4 members (excludes halogenated alkanes) is 3. The number of piperazine rings is 1. The lowest BCUT2D eigenvalue weighted by molar-refractivity contribution is -0.159. The number of ether oxygens (including phenoxy) is 4. The van der Waals surface area contributed by atoms with Crippen molar-refractivity contribution in [2.24, 2.45) is 17.1 Å². The third kappa shape index (κ3) is 19.2. The number of carbonyl (C=O) groups excluding carboxylic acids is 7. The van der Waals surface area contributed by atoms with Gasteiger partial charge in [-0.25, -0.2) is 4.98 Å². The zero-order valence-electron chi connectivity index (χ0n) is 65.3. The number of para-hydroxylation sites is 1. The molecule has 6 aromatic rings. The van der Waals surface area contributed by atoms with E-state index in [-0.39, 0.29) is 110 Å². The number of nitrogens with zero attached hydrogens (tertiary/aromatic N) is 12. The fourth-order valence-electron chi connectivity index (χ4n) is 16.8. The number of hydrogen-bond acceptors (Lipinski definition) is 23. The van der Waals surface area contributed by atoms with Gasteiger partial charge in [0.15, 0.2) is 11.6 Å². The number of aromatic nitrogens is 4. The molecule has 0 spiro atoms. The number of aliphatic hydroxyl groups excluding tert-OH is 1. The number of nitrogen functional groups attached to an aromatic ring is 1. The van der Waals surface area contributed by atoms with Crippen molar-refractivity contribution in [3.63, 3.8) is 0 Å². The van der Waals surface area contributed by atoms with Crippen LogP contribution in [0, 0.1) is 22.7 Å². The van der Waals surface area contributed by atoms with Gasteiger partial charge in [0.2, 0.25) is 35.4 Å². The Bertz CT molecular complexity index is 4390. The Balaban J connectivity index is 0.549. The first-order valence-corrected chi connectivity index (χ1v) is 40.0. The maximum Gasteiger partial charge on any atom is 0.254 e. The molecule has 0 radical (unpaired) electrons. The van der Waals surface area contributed by atoms with Crippen LogP contribution in [0.3, 0.4) is 0 Å². The van der Waals surface area contributed by atoms with E-state index in [2.05, 4.69) is 68.8 Å². The second-order valence-corrected chi connectivity index (χ2v) is 31.9. The van der Waals surface area contributed by atoms with Crippen molar-refractivity contribution in [2.75, 3.05) is 100 Å². The van der Waals surface area contributed by atoms with Crippen LogP contribution in [-0.2, 0) is 44.9 Å². The van der Waals surface area contributed by atoms with Gasteiger partial charge < -0.3 is 75.2 Å². The summed E-state index contributed by atoms with van der Waals surface area (Å²) in [6.45, 7) is 11.3. The molecule has 29 heteroatoms. The van der Waals surface area contributed by atoms with E-state index in [0.717, 1.165) is 106 Å². The Labute approximate surface area is 659 Å². The van der Waals surface area contributed by atoms with Crippen LogP contribution >= 0.6 is 0 Å². The largest absolute Gasteiger partial charge is 0.488 e. The number of hydrogen-bond donors (Lipinski definition) is 5. The molecular formula is C84H106N16O13. The standard InChI is InChI=1S/C84H106N16O13/c1-53(2)77(81(106)99-51-62(101)43-70(99)80(105)89-54(3)57-21-17-55(48-85)18-22-57)72-47-74(93-113-72)109-41-40-95-38-30-63(31-39-95)111-64-44-65(45-64)112-73-42-59(29-34-88-73)100-60-25-26-61(100)50-96(49-60)69-46-67(91-92-78(69)86)66-14-7-8-16-71(66)110-52-56-19-23-58(24-20-56)90-79(104)68(15-9-12-35-94(4)5)97(83(108)84(82(87)107)32-13-33-84)36-10-6-11-37-98-75(102)27-28-76(98)103/h7-8,14,16-24,27-29,34,42,46-47,53-54,60-65,68,70,77,101H,6,9-13,15,25-26,30-33,35-41,43-45,49-52H2,1-5H3,(H2,86,92)(H2,87,107)(H,89,105)(H,90,104)/t54-,60?,61?,62+,64?,65?,68-,70-,77?/m0/s1. The number of benzene rings is 3. The fourth-order valence-corrected chi connectivity index (χ4v) is 16.8. The van der Waals surface area contributed by atoms with Crippen molar-refractivity contribution in [3.8, 4) is 34.8 Å².